The van der Waals surface area contributed by atoms with Crippen molar-refractivity contribution in [2.75, 3.05) is 0 Å². The van der Waals surface area contributed by atoms with Crippen LogP contribution >= 0.6 is 0 Å². The van der Waals surface area contributed by atoms with E-state index < -0.39 is 0 Å². The van der Waals surface area contributed by atoms with Crippen molar-refractivity contribution in [3.8, 4) is 0 Å². The molecule has 0 spiro atoms. The van der Waals surface area contributed by atoms with Gasteiger partial charge in [-0.15, -0.1) is 6.58 Å². The van der Waals surface area contributed by atoms with Gasteiger partial charge in [-0.05, 0) is 24.8 Å². The number of rotatable bonds is 5. The molecule has 1 aromatic carbocycles. The zero-order valence-electron chi connectivity index (χ0n) is 8.57. The third-order valence-electron chi connectivity index (χ3n) is 2.26. The summed E-state index contributed by atoms with van der Waals surface area (Å²) in [4.78, 5) is 11.1. The summed E-state index contributed by atoms with van der Waals surface area (Å²) in [5, 5.41) is 0. The number of carbonyl (C=O) groups is 1. The van der Waals surface area contributed by atoms with Crippen molar-refractivity contribution in [3.05, 3.63) is 48.6 Å². The summed E-state index contributed by atoms with van der Waals surface area (Å²) in [5.41, 5.74) is 1.22. The zero-order chi connectivity index (χ0) is 10.4. The molecule has 0 saturated heterocycles. The van der Waals surface area contributed by atoms with Crippen LogP contribution < -0.4 is 0 Å². The maximum atomic E-state index is 11.1. The molecular formula is C13H16O. The van der Waals surface area contributed by atoms with Crippen molar-refractivity contribution in [1.82, 2.24) is 0 Å². The second kappa shape index (κ2) is 5.38. The first-order valence-corrected chi connectivity index (χ1v) is 4.89. The van der Waals surface area contributed by atoms with Gasteiger partial charge in [-0.2, -0.15) is 0 Å². The van der Waals surface area contributed by atoms with E-state index in [9.17, 15) is 4.79 Å². The quantitative estimate of drug-likeness (QED) is 0.648. The van der Waals surface area contributed by atoms with Crippen LogP contribution in [0.3, 0.4) is 0 Å². The van der Waals surface area contributed by atoms with Crippen LogP contribution in [-0.2, 0) is 4.79 Å². The molecule has 1 rings (SSSR count). The minimum Gasteiger partial charge on any atom is -0.300 e. The SMILES string of the molecule is C=CC[C@H](CC(C)=O)c1ccccc1. The van der Waals surface area contributed by atoms with Gasteiger partial charge in [0.15, 0.2) is 0 Å². The van der Waals surface area contributed by atoms with Crippen molar-refractivity contribution in [2.24, 2.45) is 0 Å². The van der Waals surface area contributed by atoms with Crippen LogP contribution in [0.5, 0.6) is 0 Å². The number of hydrogen-bond donors (Lipinski definition) is 0. The Balaban J connectivity index is 2.77. The maximum Gasteiger partial charge on any atom is 0.130 e. The Kier molecular flexibility index (Phi) is 4.11. The largest absolute Gasteiger partial charge is 0.300 e. The minimum absolute atomic E-state index is 0.237. The molecule has 0 radical (unpaired) electrons. The van der Waals surface area contributed by atoms with Crippen LogP contribution in [0.1, 0.15) is 31.2 Å². The molecule has 1 aromatic rings. The van der Waals surface area contributed by atoms with Gasteiger partial charge in [-0.25, -0.2) is 0 Å². The zero-order valence-corrected chi connectivity index (χ0v) is 8.57. The lowest BCUT2D eigenvalue weighted by Gasteiger charge is -2.13. The van der Waals surface area contributed by atoms with Crippen LogP contribution in [0.25, 0.3) is 0 Å². The summed E-state index contributed by atoms with van der Waals surface area (Å²) < 4.78 is 0. The first-order chi connectivity index (χ1) is 6.74. The average molecular weight is 188 g/mol. The van der Waals surface area contributed by atoms with E-state index in [1.54, 1.807) is 6.92 Å². The highest BCUT2D eigenvalue weighted by Crippen LogP contribution is 2.23. The molecule has 74 valence electrons. The Morgan fingerprint density at radius 1 is 1.43 bits per heavy atom. The number of carbonyl (C=O) groups excluding carboxylic acids is 1. The molecule has 0 aliphatic rings. The lowest BCUT2D eigenvalue weighted by Crippen LogP contribution is -2.03. The smallest absolute Gasteiger partial charge is 0.130 e. The number of allylic oxidation sites excluding steroid dienone is 1. The van der Waals surface area contributed by atoms with E-state index in [-0.39, 0.29) is 5.78 Å². The van der Waals surface area contributed by atoms with Gasteiger partial charge in [0.25, 0.3) is 0 Å². The van der Waals surface area contributed by atoms with Gasteiger partial charge in [-0.1, -0.05) is 36.4 Å². The molecule has 0 bridgehead atoms. The third-order valence-corrected chi connectivity index (χ3v) is 2.26. The van der Waals surface area contributed by atoms with Gasteiger partial charge in [0.2, 0.25) is 0 Å². The average Bonchev–Trinajstić information content (AvgIpc) is 2.18. The van der Waals surface area contributed by atoms with Crippen molar-refractivity contribution in [2.45, 2.75) is 25.7 Å². The van der Waals surface area contributed by atoms with Crippen LogP contribution in [0.2, 0.25) is 0 Å². The molecule has 0 amide bonds. The van der Waals surface area contributed by atoms with E-state index >= 15 is 0 Å². The summed E-state index contributed by atoms with van der Waals surface area (Å²) >= 11 is 0. The topological polar surface area (TPSA) is 17.1 Å². The summed E-state index contributed by atoms with van der Waals surface area (Å²) in [6.45, 7) is 5.36. The molecular weight excluding hydrogens is 172 g/mol. The Bertz CT molecular complexity index is 300. The fraction of sp³-hybridized carbons (Fsp3) is 0.308. The molecule has 1 heteroatoms. The van der Waals surface area contributed by atoms with Crippen molar-refractivity contribution in [3.63, 3.8) is 0 Å². The van der Waals surface area contributed by atoms with Crippen LogP contribution in [0.15, 0.2) is 43.0 Å². The molecule has 1 atom stereocenters. The highest BCUT2D eigenvalue weighted by atomic mass is 16.1. The van der Waals surface area contributed by atoms with Crippen molar-refractivity contribution >= 4 is 5.78 Å². The molecule has 0 unspecified atom stereocenters. The molecule has 1 nitrogen and oxygen atoms in total. The molecule has 0 aromatic heterocycles. The second-order valence-electron chi connectivity index (χ2n) is 3.54. The van der Waals surface area contributed by atoms with E-state index in [2.05, 4.69) is 18.7 Å². The number of ketones is 1. The molecule has 14 heavy (non-hydrogen) atoms. The summed E-state index contributed by atoms with van der Waals surface area (Å²) in [6.07, 6.45) is 3.35. The molecule has 0 heterocycles. The number of Topliss-reactive ketones (excluding diaryl/α,β-unsaturated/α-hetero) is 1. The Morgan fingerprint density at radius 3 is 2.57 bits per heavy atom. The monoisotopic (exact) mass is 188 g/mol. The molecule has 0 fully saturated rings. The van der Waals surface area contributed by atoms with Gasteiger partial charge >= 0.3 is 0 Å². The Hall–Kier alpha value is -1.37. The van der Waals surface area contributed by atoms with E-state index in [1.807, 2.05) is 24.3 Å². The fourth-order valence-corrected chi connectivity index (χ4v) is 1.61. The lowest BCUT2D eigenvalue weighted by atomic mass is 9.91. The minimum atomic E-state index is 0.237. The molecule has 0 aliphatic carbocycles. The first kappa shape index (κ1) is 10.7. The summed E-state index contributed by atoms with van der Waals surface area (Å²) in [7, 11) is 0. The fourth-order valence-electron chi connectivity index (χ4n) is 1.61. The number of benzene rings is 1. The van der Waals surface area contributed by atoms with E-state index in [1.165, 1.54) is 5.56 Å². The lowest BCUT2D eigenvalue weighted by molar-refractivity contribution is -0.117. The maximum absolute atomic E-state index is 11.1. The Morgan fingerprint density at radius 2 is 2.07 bits per heavy atom. The van der Waals surface area contributed by atoms with Gasteiger partial charge < -0.3 is 4.79 Å². The van der Waals surface area contributed by atoms with Gasteiger partial charge in [0.05, 0.1) is 0 Å². The third kappa shape index (κ3) is 3.17. The molecule has 0 N–H and O–H groups in total. The van der Waals surface area contributed by atoms with E-state index in [0.29, 0.717) is 12.3 Å². The second-order valence-corrected chi connectivity index (χ2v) is 3.54. The van der Waals surface area contributed by atoms with Crippen LogP contribution in [-0.4, -0.2) is 5.78 Å². The Labute approximate surface area is 85.5 Å². The van der Waals surface area contributed by atoms with E-state index in [0.717, 1.165) is 6.42 Å². The van der Waals surface area contributed by atoms with Crippen molar-refractivity contribution < 1.29 is 4.79 Å². The van der Waals surface area contributed by atoms with Crippen molar-refractivity contribution in [1.29, 1.82) is 0 Å². The standard InChI is InChI=1S/C13H16O/c1-3-7-13(10-11(2)14)12-8-5-4-6-9-12/h3-6,8-9,13H,1,7,10H2,2H3/t13-/m1/s1. The first-order valence-electron chi connectivity index (χ1n) is 4.89. The highest BCUT2D eigenvalue weighted by molar-refractivity contribution is 5.76. The van der Waals surface area contributed by atoms with Gasteiger partial charge in [0, 0.05) is 6.42 Å². The van der Waals surface area contributed by atoms with Gasteiger partial charge in [0.1, 0.15) is 5.78 Å². The van der Waals surface area contributed by atoms with E-state index in [4.69, 9.17) is 0 Å². The predicted octanol–water partition coefficient (Wildman–Crippen LogP) is 3.33. The van der Waals surface area contributed by atoms with Gasteiger partial charge in [-0.3, -0.25) is 0 Å². The predicted molar refractivity (Wildman–Crippen MR) is 59.3 cm³/mol. The van der Waals surface area contributed by atoms with Crippen LogP contribution in [0, 0.1) is 0 Å². The summed E-state index contributed by atoms with van der Waals surface area (Å²) in [6, 6.07) is 10.1. The number of hydrogen-bond acceptors (Lipinski definition) is 1. The molecule has 0 saturated carbocycles. The van der Waals surface area contributed by atoms with Crippen LogP contribution in [0.4, 0.5) is 0 Å². The normalized spacial score (nSPS) is 12.1. The summed E-state index contributed by atoms with van der Waals surface area (Å²) in [5.74, 6) is 0.534. The molecule has 0 aliphatic heterocycles. The highest BCUT2D eigenvalue weighted by Gasteiger charge is 2.11.